The first-order valence-electron chi connectivity index (χ1n) is 9.99. The van der Waals surface area contributed by atoms with Gasteiger partial charge in [-0.2, -0.15) is 0 Å². The van der Waals surface area contributed by atoms with Crippen LogP contribution in [0.15, 0.2) is 48.5 Å². The van der Waals surface area contributed by atoms with E-state index in [1.807, 2.05) is 29.2 Å². The summed E-state index contributed by atoms with van der Waals surface area (Å²) in [4.78, 5) is 26.9. The number of hydrogen-bond donors (Lipinski definition) is 1. The molecule has 0 aromatic heterocycles. The van der Waals surface area contributed by atoms with Crippen LogP contribution in [0.25, 0.3) is 0 Å². The van der Waals surface area contributed by atoms with Gasteiger partial charge in [-0.1, -0.05) is 29.8 Å². The zero-order valence-electron chi connectivity index (χ0n) is 16.7. The first-order valence-corrected chi connectivity index (χ1v) is 10.4. The summed E-state index contributed by atoms with van der Waals surface area (Å²) in [5, 5.41) is 3.53. The highest BCUT2D eigenvalue weighted by molar-refractivity contribution is 6.30. The molecule has 1 aliphatic heterocycles. The van der Waals surface area contributed by atoms with E-state index in [1.165, 1.54) is 0 Å². The largest absolute Gasteiger partial charge is 0.497 e. The van der Waals surface area contributed by atoms with Crippen molar-refractivity contribution in [3.8, 4) is 5.75 Å². The van der Waals surface area contributed by atoms with Crippen molar-refractivity contribution >= 4 is 23.4 Å². The molecule has 29 heavy (non-hydrogen) atoms. The second-order valence-corrected chi connectivity index (χ2v) is 7.87. The standard InChI is InChI=1S/C23H27ClN2O3/c1-29-21-9-2-5-18(13-21)15-25-22(27)11-10-17-6-4-12-26(16-17)23(28)19-7-3-8-20(24)14-19/h2-3,5,7-9,13-14,17H,4,6,10-12,15-16H2,1H3,(H,25,27)/t17-/m0/s1. The van der Waals surface area contributed by atoms with E-state index in [-0.39, 0.29) is 11.8 Å². The summed E-state index contributed by atoms with van der Waals surface area (Å²) < 4.78 is 5.20. The molecule has 6 heteroatoms. The summed E-state index contributed by atoms with van der Waals surface area (Å²) in [5.41, 5.74) is 1.63. The van der Waals surface area contributed by atoms with Crippen LogP contribution in [-0.4, -0.2) is 36.9 Å². The minimum Gasteiger partial charge on any atom is -0.497 e. The quantitative estimate of drug-likeness (QED) is 0.734. The Labute approximate surface area is 177 Å². The molecule has 0 unspecified atom stereocenters. The van der Waals surface area contributed by atoms with Crippen molar-refractivity contribution in [2.45, 2.75) is 32.2 Å². The van der Waals surface area contributed by atoms with Crippen molar-refractivity contribution in [3.63, 3.8) is 0 Å². The third-order valence-corrected chi connectivity index (χ3v) is 5.52. The lowest BCUT2D eigenvalue weighted by Crippen LogP contribution is -2.40. The Kier molecular flexibility index (Phi) is 7.53. The van der Waals surface area contributed by atoms with Crippen molar-refractivity contribution in [1.29, 1.82) is 0 Å². The lowest BCUT2D eigenvalue weighted by atomic mass is 9.92. The van der Waals surface area contributed by atoms with E-state index in [9.17, 15) is 9.59 Å². The Balaban J connectivity index is 1.45. The Hall–Kier alpha value is -2.53. The molecule has 0 aliphatic carbocycles. The number of amides is 2. The lowest BCUT2D eigenvalue weighted by Gasteiger charge is -2.33. The first kappa shape index (κ1) is 21.2. The van der Waals surface area contributed by atoms with Crippen LogP contribution in [0.1, 0.15) is 41.6 Å². The van der Waals surface area contributed by atoms with Gasteiger partial charge in [0.1, 0.15) is 5.75 Å². The fourth-order valence-corrected chi connectivity index (χ4v) is 3.89. The topological polar surface area (TPSA) is 58.6 Å². The molecule has 2 aromatic rings. The number of halogens is 1. The van der Waals surface area contributed by atoms with E-state index in [2.05, 4.69) is 5.32 Å². The van der Waals surface area contributed by atoms with E-state index < -0.39 is 0 Å². The van der Waals surface area contributed by atoms with Crippen molar-refractivity contribution in [1.82, 2.24) is 10.2 Å². The summed E-state index contributed by atoms with van der Waals surface area (Å²) >= 11 is 6.01. The summed E-state index contributed by atoms with van der Waals surface area (Å²) in [6, 6.07) is 14.7. The third-order valence-electron chi connectivity index (χ3n) is 5.28. The number of hydrogen-bond acceptors (Lipinski definition) is 3. The van der Waals surface area contributed by atoms with Gasteiger partial charge in [-0.15, -0.1) is 0 Å². The van der Waals surface area contributed by atoms with Crippen molar-refractivity contribution in [2.24, 2.45) is 5.92 Å². The SMILES string of the molecule is COc1cccc(CNC(=O)CC[C@@H]2CCCN(C(=O)c3cccc(Cl)c3)C2)c1. The van der Waals surface area contributed by atoms with Gasteiger partial charge in [-0.25, -0.2) is 0 Å². The summed E-state index contributed by atoms with van der Waals surface area (Å²) in [5.74, 6) is 1.17. The monoisotopic (exact) mass is 414 g/mol. The molecular weight excluding hydrogens is 388 g/mol. The van der Waals surface area contributed by atoms with E-state index in [0.29, 0.717) is 36.0 Å². The zero-order valence-corrected chi connectivity index (χ0v) is 17.5. The number of piperidine rings is 1. The van der Waals surface area contributed by atoms with Gasteiger partial charge in [-0.05, 0) is 61.1 Å². The molecule has 1 N–H and O–H groups in total. The van der Waals surface area contributed by atoms with Gasteiger partial charge in [0.25, 0.3) is 5.91 Å². The molecule has 3 rings (SSSR count). The van der Waals surface area contributed by atoms with Gasteiger partial charge < -0.3 is 15.0 Å². The normalized spacial score (nSPS) is 16.3. The maximum Gasteiger partial charge on any atom is 0.253 e. The number of methoxy groups -OCH3 is 1. The molecule has 1 atom stereocenters. The third kappa shape index (κ3) is 6.23. The Morgan fingerprint density at radius 1 is 1.21 bits per heavy atom. The second-order valence-electron chi connectivity index (χ2n) is 7.44. The number of likely N-dealkylation sites (tertiary alicyclic amines) is 1. The highest BCUT2D eigenvalue weighted by Crippen LogP contribution is 2.23. The summed E-state index contributed by atoms with van der Waals surface area (Å²) in [6.07, 6.45) is 3.25. The van der Waals surface area contributed by atoms with Crippen molar-refractivity contribution < 1.29 is 14.3 Å². The molecule has 0 radical (unpaired) electrons. The van der Waals surface area contributed by atoms with E-state index >= 15 is 0 Å². The maximum absolute atomic E-state index is 12.7. The highest BCUT2D eigenvalue weighted by atomic mass is 35.5. The molecule has 5 nitrogen and oxygen atoms in total. The van der Waals surface area contributed by atoms with Gasteiger partial charge in [-0.3, -0.25) is 9.59 Å². The van der Waals surface area contributed by atoms with Crippen LogP contribution in [0.4, 0.5) is 0 Å². The predicted octanol–water partition coefficient (Wildman–Crippen LogP) is 4.30. The van der Waals surface area contributed by atoms with E-state index in [0.717, 1.165) is 37.1 Å². The lowest BCUT2D eigenvalue weighted by molar-refractivity contribution is -0.121. The van der Waals surface area contributed by atoms with Crippen molar-refractivity contribution in [2.75, 3.05) is 20.2 Å². The Morgan fingerprint density at radius 3 is 2.83 bits per heavy atom. The average Bonchev–Trinajstić information content (AvgIpc) is 2.76. The molecule has 1 saturated heterocycles. The fraction of sp³-hybridized carbons (Fsp3) is 0.391. The first-order chi connectivity index (χ1) is 14.0. The van der Waals surface area contributed by atoms with Crippen LogP contribution in [0.5, 0.6) is 5.75 Å². The number of ether oxygens (including phenoxy) is 1. The van der Waals surface area contributed by atoms with Crippen LogP contribution < -0.4 is 10.1 Å². The second kappa shape index (κ2) is 10.3. The van der Waals surface area contributed by atoms with Crippen molar-refractivity contribution in [3.05, 3.63) is 64.7 Å². The van der Waals surface area contributed by atoms with Gasteiger partial charge in [0, 0.05) is 36.6 Å². The minimum absolute atomic E-state index is 0.0136. The molecule has 0 bridgehead atoms. The number of benzene rings is 2. The van der Waals surface area contributed by atoms with E-state index in [4.69, 9.17) is 16.3 Å². The molecule has 1 fully saturated rings. The Bertz CT molecular complexity index is 856. The van der Waals surface area contributed by atoms with E-state index in [1.54, 1.807) is 31.4 Å². The average molecular weight is 415 g/mol. The van der Waals surface area contributed by atoms with Gasteiger partial charge in [0.2, 0.25) is 5.91 Å². The molecule has 1 aliphatic rings. The van der Waals surface area contributed by atoms with Crippen LogP contribution in [-0.2, 0) is 11.3 Å². The van der Waals surface area contributed by atoms with Crippen LogP contribution in [0.3, 0.4) is 0 Å². The van der Waals surface area contributed by atoms with Gasteiger partial charge in [0.05, 0.1) is 7.11 Å². The minimum atomic E-state index is 0.0136. The number of carbonyl (C=O) groups excluding carboxylic acids is 2. The van der Waals surface area contributed by atoms with Gasteiger partial charge >= 0.3 is 0 Å². The number of rotatable bonds is 7. The molecule has 2 aromatic carbocycles. The molecule has 1 heterocycles. The molecule has 0 spiro atoms. The van der Waals surface area contributed by atoms with Crippen LogP contribution in [0.2, 0.25) is 5.02 Å². The molecular formula is C23H27ClN2O3. The summed E-state index contributed by atoms with van der Waals surface area (Å²) in [7, 11) is 1.63. The molecule has 2 amide bonds. The van der Waals surface area contributed by atoms with Crippen LogP contribution >= 0.6 is 11.6 Å². The number of nitrogens with one attached hydrogen (secondary N) is 1. The predicted molar refractivity (Wildman–Crippen MR) is 114 cm³/mol. The summed E-state index contributed by atoms with van der Waals surface area (Å²) in [6.45, 7) is 1.93. The molecule has 0 saturated carbocycles. The molecule has 154 valence electrons. The highest BCUT2D eigenvalue weighted by Gasteiger charge is 2.25. The number of nitrogens with zero attached hydrogens (tertiary/aromatic N) is 1. The Morgan fingerprint density at radius 2 is 2.03 bits per heavy atom. The number of carbonyl (C=O) groups is 2. The smallest absolute Gasteiger partial charge is 0.253 e. The zero-order chi connectivity index (χ0) is 20.6. The maximum atomic E-state index is 12.7. The van der Waals surface area contributed by atoms with Crippen LogP contribution in [0, 0.1) is 5.92 Å². The fourth-order valence-electron chi connectivity index (χ4n) is 3.70. The van der Waals surface area contributed by atoms with Gasteiger partial charge in [0.15, 0.2) is 0 Å².